The minimum atomic E-state index is -0.866. The molecule has 3 amide bonds. The zero-order chi connectivity index (χ0) is 23.5. The summed E-state index contributed by atoms with van der Waals surface area (Å²) in [6.07, 6.45) is 2.07. The van der Waals surface area contributed by atoms with Gasteiger partial charge in [-0.05, 0) is 55.6 Å². The van der Waals surface area contributed by atoms with Crippen LogP contribution in [0.1, 0.15) is 35.2 Å². The maximum atomic E-state index is 13.0. The van der Waals surface area contributed by atoms with Crippen LogP contribution in [0.5, 0.6) is 0 Å². The Bertz CT molecular complexity index is 884. The van der Waals surface area contributed by atoms with Gasteiger partial charge in [-0.3, -0.25) is 14.4 Å². The highest BCUT2D eigenvalue weighted by Gasteiger charge is 2.26. The lowest BCUT2D eigenvalue weighted by Gasteiger charge is -2.22. The number of hydrogen-bond donors (Lipinski definition) is 4. The van der Waals surface area contributed by atoms with Crippen molar-refractivity contribution in [1.29, 1.82) is 0 Å². The average molecular weight is 440 g/mol. The molecule has 2 aromatic carbocycles. The fraction of sp³-hybridized carbons (Fsp3) is 0.375. The van der Waals surface area contributed by atoms with Gasteiger partial charge in [0.1, 0.15) is 12.1 Å². The second-order valence-corrected chi connectivity index (χ2v) is 7.91. The molecule has 2 rings (SSSR count). The summed E-state index contributed by atoms with van der Waals surface area (Å²) in [6, 6.07) is 14.8. The zero-order valence-corrected chi connectivity index (χ0v) is 18.7. The number of unbranched alkanes of at least 4 members (excludes halogenated alkanes) is 1. The molecule has 32 heavy (non-hydrogen) atoms. The first-order valence-corrected chi connectivity index (χ1v) is 10.7. The highest BCUT2D eigenvalue weighted by molar-refractivity contribution is 5.98. The van der Waals surface area contributed by atoms with E-state index in [1.54, 1.807) is 12.1 Å². The Hall–Kier alpha value is -3.39. The molecule has 0 saturated carbocycles. The summed E-state index contributed by atoms with van der Waals surface area (Å²) in [4.78, 5) is 39.6. The van der Waals surface area contributed by atoms with Crippen LogP contribution in [0.2, 0.25) is 0 Å². The van der Waals surface area contributed by atoms with E-state index in [2.05, 4.69) is 10.6 Å². The molecule has 0 saturated heterocycles. The lowest BCUT2D eigenvalue weighted by Crippen LogP contribution is -2.53. The van der Waals surface area contributed by atoms with E-state index in [0.29, 0.717) is 24.9 Å². The molecule has 0 bridgehead atoms. The predicted octanol–water partition coefficient (Wildman–Crippen LogP) is 1.19. The number of benzene rings is 2. The Labute approximate surface area is 189 Å². The Balaban J connectivity index is 2.16. The third-order valence-electron chi connectivity index (χ3n) is 5.16. The highest BCUT2D eigenvalue weighted by atomic mass is 16.2. The number of amides is 3. The Morgan fingerprint density at radius 3 is 2.12 bits per heavy atom. The Morgan fingerprint density at radius 1 is 0.906 bits per heavy atom. The van der Waals surface area contributed by atoms with Gasteiger partial charge >= 0.3 is 0 Å². The van der Waals surface area contributed by atoms with Crippen LogP contribution in [-0.2, 0) is 16.0 Å². The number of anilines is 1. The molecule has 0 spiro atoms. The van der Waals surface area contributed by atoms with Gasteiger partial charge in [-0.2, -0.15) is 0 Å². The summed E-state index contributed by atoms with van der Waals surface area (Å²) in [5.41, 5.74) is 13.3. The van der Waals surface area contributed by atoms with Gasteiger partial charge in [0.15, 0.2) is 0 Å². The van der Waals surface area contributed by atoms with E-state index in [9.17, 15) is 14.4 Å². The molecule has 0 heterocycles. The van der Waals surface area contributed by atoms with Crippen LogP contribution < -0.4 is 27.0 Å². The van der Waals surface area contributed by atoms with Crippen molar-refractivity contribution in [2.75, 3.05) is 25.5 Å². The molecule has 172 valence electrons. The van der Waals surface area contributed by atoms with Gasteiger partial charge in [0.2, 0.25) is 11.8 Å². The normalized spacial score (nSPS) is 12.5. The molecule has 0 aliphatic rings. The fourth-order valence-corrected chi connectivity index (χ4v) is 3.26. The first kappa shape index (κ1) is 24.9. The highest BCUT2D eigenvalue weighted by Crippen LogP contribution is 2.13. The SMILES string of the molecule is CN(C)c1ccc(C(=O)N[C@@H](Cc2ccccc2)C(=O)N[C@@H](CCCCN)C(N)=O)cc1. The molecule has 0 fully saturated rings. The van der Waals surface area contributed by atoms with Crippen molar-refractivity contribution in [3.05, 3.63) is 65.7 Å². The van der Waals surface area contributed by atoms with Crippen LogP contribution in [0.3, 0.4) is 0 Å². The first-order chi connectivity index (χ1) is 15.3. The van der Waals surface area contributed by atoms with Crippen molar-refractivity contribution in [1.82, 2.24) is 10.6 Å². The third kappa shape index (κ3) is 7.70. The molecular formula is C24H33N5O3. The topological polar surface area (TPSA) is 131 Å². The minimum Gasteiger partial charge on any atom is -0.378 e. The molecule has 8 heteroatoms. The van der Waals surface area contributed by atoms with Crippen molar-refractivity contribution in [2.45, 2.75) is 37.8 Å². The molecule has 2 atom stereocenters. The van der Waals surface area contributed by atoms with Crippen LogP contribution in [0, 0.1) is 0 Å². The van der Waals surface area contributed by atoms with Gasteiger partial charge in [0, 0.05) is 31.8 Å². The van der Waals surface area contributed by atoms with Gasteiger partial charge in [-0.15, -0.1) is 0 Å². The fourth-order valence-electron chi connectivity index (χ4n) is 3.26. The van der Waals surface area contributed by atoms with E-state index in [1.165, 1.54) is 0 Å². The monoisotopic (exact) mass is 439 g/mol. The molecular weight excluding hydrogens is 406 g/mol. The van der Waals surface area contributed by atoms with Crippen LogP contribution in [0.25, 0.3) is 0 Å². The van der Waals surface area contributed by atoms with Crippen LogP contribution in [0.4, 0.5) is 5.69 Å². The van der Waals surface area contributed by atoms with Gasteiger partial charge in [0.05, 0.1) is 0 Å². The standard InChI is InChI=1S/C24H33N5O3/c1-29(2)19-13-11-18(12-14-19)23(31)28-21(16-17-8-4-3-5-9-17)24(32)27-20(22(26)30)10-6-7-15-25/h3-5,8-9,11-14,20-21H,6-7,10,15-16,25H2,1-2H3,(H2,26,30)(H,27,32)(H,28,31)/t20-,21-/m0/s1. The quantitative estimate of drug-likeness (QED) is 0.369. The Morgan fingerprint density at radius 2 is 1.56 bits per heavy atom. The van der Waals surface area contributed by atoms with E-state index in [1.807, 2.05) is 61.5 Å². The van der Waals surface area contributed by atoms with Gasteiger partial charge < -0.3 is 27.0 Å². The molecule has 6 N–H and O–H groups in total. The smallest absolute Gasteiger partial charge is 0.251 e. The van der Waals surface area contributed by atoms with E-state index < -0.39 is 23.9 Å². The maximum absolute atomic E-state index is 13.0. The van der Waals surface area contributed by atoms with Crippen molar-refractivity contribution >= 4 is 23.4 Å². The number of carbonyl (C=O) groups excluding carboxylic acids is 3. The predicted molar refractivity (Wildman–Crippen MR) is 126 cm³/mol. The Kier molecular flexibility index (Phi) is 9.69. The third-order valence-corrected chi connectivity index (χ3v) is 5.16. The lowest BCUT2D eigenvalue weighted by molar-refractivity contribution is -0.128. The summed E-state index contributed by atoms with van der Waals surface area (Å²) >= 11 is 0. The number of nitrogens with zero attached hydrogens (tertiary/aromatic N) is 1. The van der Waals surface area contributed by atoms with E-state index in [-0.39, 0.29) is 12.3 Å². The lowest BCUT2D eigenvalue weighted by atomic mass is 10.0. The van der Waals surface area contributed by atoms with Crippen molar-refractivity contribution in [3.8, 4) is 0 Å². The van der Waals surface area contributed by atoms with Gasteiger partial charge in [0.25, 0.3) is 5.91 Å². The van der Waals surface area contributed by atoms with Gasteiger partial charge in [-0.25, -0.2) is 0 Å². The summed E-state index contributed by atoms with van der Waals surface area (Å²) in [5, 5.41) is 5.51. The number of carbonyl (C=O) groups is 3. The molecule has 0 aliphatic carbocycles. The molecule has 0 aromatic heterocycles. The molecule has 0 aliphatic heterocycles. The average Bonchev–Trinajstić information content (AvgIpc) is 2.78. The van der Waals surface area contributed by atoms with E-state index in [4.69, 9.17) is 11.5 Å². The molecule has 8 nitrogen and oxygen atoms in total. The van der Waals surface area contributed by atoms with E-state index in [0.717, 1.165) is 17.7 Å². The number of hydrogen-bond acceptors (Lipinski definition) is 5. The molecule has 0 radical (unpaired) electrons. The largest absolute Gasteiger partial charge is 0.378 e. The van der Waals surface area contributed by atoms with Crippen LogP contribution >= 0.6 is 0 Å². The maximum Gasteiger partial charge on any atom is 0.251 e. The summed E-state index contributed by atoms with van der Waals surface area (Å²) < 4.78 is 0. The second-order valence-electron chi connectivity index (χ2n) is 7.91. The minimum absolute atomic E-state index is 0.280. The zero-order valence-electron chi connectivity index (χ0n) is 18.7. The van der Waals surface area contributed by atoms with Crippen LogP contribution in [-0.4, -0.2) is 50.4 Å². The summed E-state index contributed by atoms with van der Waals surface area (Å²) in [7, 11) is 3.83. The van der Waals surface area contributed by atoms with E-state index >= 15 is 0 Å². The number of nitrogens with one attached hydrogen (secondary N) is 2. The molecule has 0 unspecified atom stereocenters. The number of primary amides is 1. The number of rotatable bonds is 12. The van der Waals surface area contributed by atoms with Crippen LogP contribution in [0.15, 0.2) is 54.6 Å². The number of nitrogens with two attached hydrogens (primary N) is 2. The van der Waals surface area contributed by atoms with Gasteiger partial charge in [-0.1, -0.05) is 30.3 Å². The van der Waals surface area contributed by atoms with Crippen molar-refractivity contribution in [3.63, 3.8) is 0 Å². The molecule has 2 aromatic rings. The summed E-state index contributed by atoms with van der Waals surface area (Å²) in [6.45, 7) is 0.499. The first-order valence-electron chi connectivity index (χ1n) is 10.7. The van der Waals surface area contributed by atoms with Crippen molar-refractivity contribution in [2.24, 2.45) is 11.5 Å². The van der Waals surface area contributed by atoms with Crippen molar-refractivity contribution < 1.29 is 14.4 Å². The second kappa shape index (κ2) is 12.5. The summed E-state index contributed by atoms with van der Waals surface area (Å²) in [5.74, 6) is -1.44.